The molecule has 1 amide bonds. The average molecular weight is 270 g/mol. The number of nitrogens with zero attached hydrogens (tertiary/aromatic N) is 2. The van der Waals surface area contributed by atoms with Crippen LogP contribution in [0.4, 0.5) is 4.39 Å². The molecule has 19 heavy (non-hydrogen) atoms. The molecule has 0 bridgehead atoms. The minimum Gasteiger partial charge on any atom is -0.334 e. The Morgan fingerprint density at radius 3 is 2.74 bits per heavy atom. The van der Waals surface area contributed by atoms with Crippen molar-refractivity contribution in [3.8, 4) is 0 Å². The summed E-state index contributed by atoms with van der Waals surface area (Å²) in [5.74, 6) is 0.844. The fourth-order valence-electron chi connectivity index (χ4n) is 3.77. The first-order valence-corrected chi connectivity index (χ1v) is 7.66. The Kier molecular flexibility index (Phi) is 4.82. The van der Waals surface area contributed by atoms with Gasteiger partial charge in [-0.15, -0.1) is 0 Å². The van der Waals surface area contributed by atoms with Crippen LogP contribution < -0.4 is 0 Å². The molecule has 4 heteroatoms. The fraction of sp³-hybridized carbons (Fsp3) is 0.933. The molecule has 110 valence electrons. The number of hydrogen-bond acceptors (Lipinski definition) is 2. The van der Waals surface area contributed by atoms with Crippen LogP contribution in [-0.2, 0) is 4.79 Å². The molecule has 0 saturated carbocycles. The summed E-state index contributed by atoms with van der Waals surface area (Å²) >= 11 is 0. The molecule has 3 nitrogen and oxygen atoms in total. The molecule has 0 radical (unpaired) electrons. The van der Waals surface area contributed by atoms with Crippen molar-refractivity contribution in [1.82, 2.24) is 9.80 Å². The molecular formula is C15H27FN2O. The van der Waals surface area contributed by atoms with Gasteiger partial charge in [-0.3, -0.25) is 4.79 Å². The van der Waals surface area contributed by atoms with Gasteiger partial charge >= 0.3 is 0 Å². The minimum atomic E-state index is -0.413. The van der Waals surface area contributed by atoms with Gasteiger partial charge in [0, 0.05) is 31.6 Å². The van der Waals surface area contributed by atoms with Crippen LogP contribution in [0.1, 0.15) is 46.0 Å². The van der Waals surface area contributed by atoms with Crippen molar-refractivity contribution < 1.29 is 9.18 Å². The van der Waals surface area contributed by atoms with Gasteiger partial charge in [-0.05, 0) is 38.1 Å². The number of rotatable bonds is 4. The van der Waals surface area contributed by atoms with Gasteiger partial charge in [0.1, 0.15) is 6.67 Å². The second-order valence-electron chi connectivity index (χ2n) is 6.51. The summed E-state index contributed by atoms with van der Waals surface area (Å²) < 4.78 is 12.7. The number of carbonyl (C=O) groups excluding carboxylic acids is 1. The summed E-state index contributed by atoms with van der Waals surface area (Å²) in [5.41, 5.74) is -0.0328. The zero-order valence-electron chi connectivity index (χ0n) is 12.3. The number of likely N-dealkylation sites (tertiary alicyclic amines) is 2. The van der Waals surface area contributed by atoms with Crippen LogP contribution in [0.5, 0.6) is 0 Å². The highest BCUT2D eigenvalue weighted by atomic mass is 19.1. The van der Waals surface area contributed by atoms with E-state index in [9.17, 15) is 9.18 Å². The van der Waals surface area contributed by atoms with Crippen molar-refractivity contribution in [2.45, 2.75) is 51.5 Å². The van der Waals surface area contributed by atoms with E-state index in [0.29, 0.717) is 18.9 Å². The normalized spacial score (nSPS) is 29.5. The summed E-state index contributed by atoms with van der Waals surface area (Å²) in [4.78, 5) is 16.3. The van der Waals surface area contributed by atoms with E-state index in [1.165, 1.54) is 0 Å². The minimum absolute atomic E-state index is 0.0328. The quantitative estimate of drug-likeness (QED) is 0.783. The Bertz CT molecular complexity index is 321. The first kappa shape index (κ1) is 14.8. The lowest BCUT2D eigenvalue weighted by Gasteiger charge is -2.37. The van der Waals surface area contributed by atoms with Gasteiger partial charge in [-0.2, -0.15) is 0 Å². The van der Waals surface area contributed by atoms with E-state index >= 15 is 0 Å². The molecule has 0 unspecified atom stereocenters. The molecule has 2 heterocycles. The topological polar surface area (TPSA) is 23.6 Å². The summed E-state index contributed by atoms with van der Waals surface area (Å²) in [6.45, 7) is 7.68. The van der Waals surface area contributed by atoms with Gasteiger partial charge in [-0.25, -0.2) is 4.39 Å². The van der Waals surface area contributed by atoms with Crippen LogP contribution in [0.3, 0.4) is 0 Å². The van der Waals surface area contributed by atoms with Crippen LogP contribution in [0.2, 0.25) is 0 Å². The number of amides is 1. The predicted molar refractivity (Wildman–Crippen MR) is 74.8 cm³/mol. The van der Waals surface area contributed by atoms with Crippen molar-refractivity contribution in [2.24, 2.45) is 5.92 Å². The van der Waals surface area contributed by atoms with Crippen LogP contribution in [0.25, 0.3) is 0 Å². The van der Waals surface area contributed by atoms with Crippen molar-refractivity contribution in [3.05, 3.63) is 0 Å². The smallest absolute Gasteiger partial charge is 0.223 e. The monoisotopic (exact) mass is 270 g/mol. The summed E-state index contributed by atoms with van der Waals surface area (Å²) in [6, 6.07) is 0. The van der Waals surface area contributed by atoms with Gasteiger partial charge in [0.25, 0.3) is 0 Å². The second kappa shape index (κ2) is 6.21. The maximum absolute atomic E-state index is 12.7. The Balaban J connectivity index is 2.02. The van der Waals surface area contributed by atoms with E-state index in [-0.39, 0.29) is 11.4 Å². The summed E-state index contributed by atoms with van der Waals surface area (Å²) in [5, 5.41) is 0. The molecule has 0 N–H and O–H groups in total. The molecule has 0 aromatic carbocycles. The Morgan fingerprint density at radius 1 is 1.26 bits per heavy atom. The van der Waals surface area contributed by atoms with E-state index < -0.39 is 6.67 Å². The Hall–Kier alpha value is -0.640. The van der Waals surface area contributed by atoms with Gasteiger partial charge in [0.15, 0.2) is 0 Å². The lowest BCUT2D eigenvalue weighted by atomic mass is 9.88. The first-order chi connectivity index (χ1) is 9.07. The van der Waals surface area contributed by atoms with E-state index in [1.54, 1.807) is 0 Å². The fourth-order valence-corrected chi connectivity index (χ4v) is 3.77. The van der Waals surface area contributed by atoms with Gasteiger partial charge in [0.2, 0.25) is 5.91 Å². The molecule has 2 aliphatic rings. The lowest BCUT2D eigenvalue weighted by molar-refractivity contribution is -0.131. The third-order valence-electron chi connectivity index (χ3n) is 4.62. The molecule has 0 aromatic rings. The molecule has 1 spiro atoms. The molecule has 0 aliphatic carbocycles. The third-order valence-corrected chi connectivity index (χ3v) is 4.62. The molecular weight excluding hydrogens is 243 g/mol. The third kappa shape index (κ3) is 3.28. The maximum atomic E-state index is 12.7. The van der Waals surface area contributed by atoms with Gasteiger partial charge in [0.05, 0.1) is 0 Å². The molecule has 2 saturated heterocycles. The Labute approximate surface area is 116 Å². The predicted octanol–water partition coefficient (Wildman–Crippen LogP) is 2.46. The molecule has 1 atom stereocenters. The summed E-state index contributed by atoms with van der Waals surface area (Å²) in [6.07, 6.45) is 4.74. The molecule has 2 aliphatic heterocycles. The lowest BCUT2D eigenvalue weighted by Crippen LogP contribution is -2.47. The highest BCUT2D eigenvalue weighted by Gasteiger charge is 2.45. The second-order valence-corrected chi connectivity index (χ2v) is 6.51. The van der Waals surface area contributed by atoms with Crippen LogP contribution >= 0.6 is 0 Å². The first-order valence-electron chi connectivity index (χ1n) is 7.66. The van der Waals surface area contributed by atoms with Crippen molar-refractivity contribution in [1.29, 1.82) is 0 Å². The van der Waals surface area contributed by atoms with Crippen molar-refractivity contribution in [2.75, 3.05) is 32.9 Å². The number of carbonyl (C=O) groups is 1. The highest BCUT2D eigenvalue weighted by molar-refractivity contribution is 5.79. The van der Waals surface area contributed by atoms with E-state index in [4.69, 9.17) is 0 Å². The average Bonchev–Trinajstić information content (AvgIpc) is 2.55. The van der Waals surface area contributed by atoms with Gasteiger partial charge < -0.3 is 9.80 Å². The molecule has 2 fully saturated rings. The van der Waals surface area contributed by atoms with Crippen molar-refractivity contribution >= 4 is 5.91 Å². The number of alkyl halides is 1. The summed E-state index contributed by atoms with van der Waals surface area (Å²) in [7, 11) is 0. The zero-order valence-corrected chi connectivity index (χ0v) is 12.3. The van der Waals surface area contributed by atoms with Crippen molar-refractivity contribution in [3.63, 3.8) is 0 Å². The van der Waals surface area contributed by atoms with E-state index in [0.717, 1.165) is 45.3 Å². The van der Waals surface area contributed by atoms with Crippen LogP contribution in [-0.4, -0.2) is 54.1 Å². The Morgan fingerprint density at radius 2 is 2.05 bits per heavy atom. The maximum Gasteiger partial charge on any atom is 0.223 e. The number of hydrogen-bond donors (Lipinski definition) is 0. The zero-order chi connectivity index (χ0) is 13.9. The standard InChI is InChI=1S/C15H27FN2O/c1-13(2)12-17-9-3-5-15(7-10-17)6-4-14(19)18(15)11-8-16/h13H,3-12H2,1-2H3/t15-/m1/s1. The van der Waals surface area contributed by atoms with Crippen LogP contribution in [0, 0.1) is 5.92 Å². The number of halogens is 1. The molecule has 0 aromatic heterocycles. The van der Waals surface area contributed by atoms with E-state index in [2.05, 4.69) is 18.7 Å². The van der Waals surface area contributed by atoms with Gasteiger partial charge in [-0.1, -0.05) is 13.8 Å². The van der Waals surface area contributed by atoms with E-state index in [1.807, 2.05) is 4.90 Å². The SMILES string of the molecule is CC(C)CN1CCC[C@@]2(CCC(=O)N2CCF)CC1. The highest BCUT2D eigenvalue weighted by Crippen LogP contribution is 2.38. The van der Waals surface area contributed by atoms with Crippen LogP contribution in [0.15, 0.2) is 0 Å². The molecule has 2 rings (SSSR count). The largest absolute Gasteiger partial charge is 0.334 e.